The molecular formula is C18H23FN2O2. The van der Waals surface area contributed by atoms with Gasteiger partial charge in [-0.3, -0.25) is 9.59 Å². The van der Waals surface area contributed by atoms with E-state index in [4.69, 9.17) is 0 Å². The molecule has 0 saturated carbocycles. The van der Waals surface area contributed by atoms with E-state index in [1.54, 1.807) is 30.4 Å². The van der Waals surface area contributed by atoms with Crippen molar-refractivity contribution in [1.29, 1.82) is 0 Å². The van der Waals surface area contributed by atoms with Crippen molar-refractivity contribution in [2.24, 2.45) is 5.92 Å². The fraction of sp³-hybridized carbons (Fsp3) is 0.333. The molecule has 1 atom stereocenters. The Bertz CT molecular complexity index is 586. The maximum absolute atomic E-state index is 13.9. The van der Waals surface area contributed by atoms with Gasteiger partial charge in [0.25, 0.3) is 0 Å². The lowest BCUT2D eigenvalue weighted by molar-refractivity contribution is -0.124. The molecule has 0 bridgehead atoms. The van der Waals surface area contributed by atoms with E-state index in [9.17, 15) is 14.0 Å². The van der Waals surface area contributed by atoms with Gasteiger partial charge in [0.2, 0.25) is 11.8 Å². The van der Waals surface area contributed by atoms with Crippen molar-refractivity contribution in [3.63, 3.8) is 0 Å². The Hall–Kier alpha value is -2.43. The van der Waals surface area contributed by atoms with E-state index < -0.39 is 0 Å². The second-order valence-corrected chi connectivity index (χ2v) is 5.31. The lowest BCUT2D eigenvalue weighted by atomic mass is 9.92. The van der Waals surface area contributed by atoms with Crippen LogP contribution in [-0.4, -0.2) is 24.9 Å². The molecule has 23 heavy (non-hydrogen) atoms. The van der Waals surface area contributed by atoms with E-state index in [-0.39, 0.29) is 24.2 Å². The zero-order chi connectivity index (χ0) is 17.2. The molecule has 4 nitrogen and oxygen atoms in total. The van der Waals surface area contributed by atoms with Gasteiger partial charge < -0.3 is 10.6 Å². The molecule has 1 aliphatic carbocycles. The molecule has 0 radical (unpaired) electrons. The highest BCUT2D eigenvalue weighted by Gasteiger charge is 2.14. The van der Waals surface area contributed by atoms with Gasteiger partial charge in [-0.05, 0) is 24.0 Å². The first-order valence-corrected chi connectivity index (χ1v) is 7.52. The second-order valence-electron chi connectivity index (χ2n) is 5.31. The predicted molar refractivity (Wildman–Crippen MR) is 90.2 cm³/mol. The number of allylic oxidation sites excluding steroid dienone is 8. The van der Waals surface area contributed by atoms with Crippen LogP contribution in [0.5, 0.6) is 0 Å². The summed E-state index contributed by atoms with van der Waals surface area (Å²) in [4.78, 5) is 22.0. The van der Waals surface area contributed by atoms with Crippen molar-refractivity contribution < 1.29 is 14.0 Å². The molecular weight excluding hydrogens is 295 g/mol. The minimum absolute atomic E-state index is 0.0439. The first-order chi connectivity index (χ1) is 10.9. The summed E-state index contributed by atoms with van der Waals surface area (Å²) in [7, 11) is 0. The lowest BCUT2D eigenvalue weighted by Gasteiger charge is -2.15. The molecule has 0 aromatic heterocycles. The molecule has 124 valence electrons. The van der Waals surface area contributed by atoms with Crippen LogP contribution in [0.2, 0.25) is 0 Å². The molecule has 2 amide bonds. The van der Waals surface area contributed by atoms with Gasteiger partial charge in [0.1, 0.15) is 5.83 Å². The van der Waals surface area contributed by atoms with Crippen LogP contribution < -0.4 is 10.6 Å². The number of hydrogen-bond acceptors (Lipinski definition) is 2. The molecule has 0 spiro atoms. The van der Waals surface area contributed by atoms with Crippen molar-refractivity contribution >= 4 is 11.8 Å². The van der Waals surface area contributed by atoms with E-state index in [0.29, 0.717) is 30.0 Å². The van der Waals surface area contributed by atoms with E-state index in [1.807, 2.05) is 13.0 Å². The summed E-state index contributed by atoms with van der Waals surface area (Å²) >= 11 is 0. The molecule has 5 heteroatoms. The number of halogens is 1. The molecule has 2 N–H and O–H groups in total. The third-order valence-electron chi connectivity index (χ3n) is 3.24. The fourth-order valence-electron chi connectivity index (χ4n) is 2.01. The van der Waals surface area contributed by atoms with E-state index in [0.717, 1.165) is 0 Å². The quantitative estimate of drug-likeness (QED) is 0.709. The highest BCUT2D eigenvalue weighted by molar-refractivity contribution is 5.83. The Kier molecular flexibility index (Phi) is 7.74. The first-order valence-electron chi connectivity index (χ1n) is 7.52. The molecule has 1 unspecified atom stereocenters. The van der Waals surface area contributed by atoms with Crippen LogP contribution in [0, 0.1) is 5.92 Å². The van der Waals surface area contributed by atoms with Crippen molar-refractivity contribution in [3.05, 3.63) is 60.0 Å². The van der Waals surface area contributed by atoms with Crippen molar-refractivity contribution in [3.8, 4) is 0 Å². The van der Waals surface area contributed by atoms with Crippen LogP contribution >= 0.6 is 0 Å². The van der Waals surface area contributed by atoms with Crippen molar-refractivity contribution in [1.82, 2.24) is 10.6 Å². The molecule has 0 heterocycles. The number of carbonyl (C=O) groups excluding carboxylic acids is 2. The second kappa shape index (κ2) is 9.56. The molecule has 1 rings (SSSR count). The summed E-state index contributed by atoms with van der Waals surface area (Å²) in [5.41, 5.74) is 1.25. The highest BCUT2D eigenvalue weighted by Crippen LogP contribution is 2.29. The Morgan fingerprint density at radius 3 is 2.83 bits per heavy atom. The third kappa shape index (κ3) is 6.91. The number of carbonyl (C=O) groups is 2. The number of hydrogen-bond donors (Lipinski definition) is 2. The number of amides is 2. The van der Waals surface area contributed by atoms with Gasteiger partial charge in [-0.25, -0.2) is 4.39 Å². The van der Waals surface area contributed by atoms with Gasteiger partial charge in [-0.1, -0.05) is 43.9 Å². The van der Waals surface area contributed by atoms with Crippen LogP contribution in [0.15, 0.2) is 60.0 Å². The van der Waals surface area contributed by atoms with Gasteiger partial charge in [0, 0.05) is 19.0 Å². The third-order valence-corrected chi connectivity index (χ3v) is 3.24. The minimum atomic E-state index is -0.268. The van der Waals surface area contributed by atoms with Gasteiger partial charge in [0.15, 0.2) is 0 Å². The van der Waals surface area contributed by atoms with E-state index in [1.165, 1.54) is 6.92 Å². The standard InChI is InChI=1S/C18H23FN2O2/c1-4-15(16-11-13(2)8-9-17(16)19)7-5-6-10-20-18(23)12-21-14(3)22/h4-7,9,11,13H,1,8,10,12H2,2-3H3,(H,20,23)(H,21,22)/b6-5+,15-7+. The smallest absolute Gasteiger partial charge is 0.239 e. The SMILES string of the molecule is C=C/C(=C\C=C\CNC(=O)CNC(C)=O)C1=CC(C)CC=C1F. The minimum Gasteiger partial charge on any atom is -0.351 e. The first kappa shape index (κ1) is 18.6. The van der Waals surface area contributed by atoms with E-state index in [2.05, 4.69) is 17.2 Å². The van der Waals surface area contributed by atoms with Crippen LogP contribution in [0.3, 0.4) is 0 Å². The molecule has 0 aliphatic heterocycles. The summed E-state index contributed by atoms with van der Waals surface area (Å²) in [5.74, 6) is -0.453. The summed E-state index contributed by atoms with van der Waals surface area (Å²) in [6.07, 6.45) is 11.0. The average Bonchev–Trinajstić information content (AvgIpc) is 2.51. The summed E-state index contributed by atoms with van der Waals surface area (Å²) in [6.45, 7) is 7.38. The van der Waals surface area contributed by atoms with Crippen LogP contribution in [0.4, 0.5) is 4.39 Å². The summed E-state index contributed by atoms with van der Waals surface area (Å²) < 4.78 is 13.9. The molecule has 0 aromatic carbocycles. The molecule has 0 fully saturated rings. The Morgan fingerprint density at radius 1 is 1.43 bits per heavy atom. The largest absolute Gasteiger partial charge is 0.351 e. The zero-order valence-corrected chi connectivity index (χ0v) is 13.6. The van der Waals surface area contributed by atoms with Crippen molar-refractivity contribution in [2.45, 2.75) is 20.3 Å². The molecule has 0 aromatic rings. The summed E-state index contributed by atoms with van der Waals surface area (Å²) in [6, 6.07) is 0. The Labute approximate surface area is 136 Å². The van der Waals surface area contributed by atoms with Gasteiger partial charge in [-0.15, -0.1) is 0 Å². The van der Waals surface area contributed by atoms with Gasteiger partial charge in [0.05, 0.1) is 6.54 Å². The topological polar surface area (TPSA) is 58.2 Å². The normalized spacial score (nSPS) is 18.2. The van der Waals surface area contributed by atoms with Gasteiger partial charge >= 0.3 is 0 Å². The summed E-state index contributed by atoms with van der Waals surface area (Å²) in [5, 5.41) is 5.04. The van der Waals surface area contributed by atoms with E-state index >= 15 is 0 Å². The van der Waals surface area contributed by atoms with Gasteiger partial charge in [-0.2, -0.15) is 0 Å². The van der Waals surface area contributed by atoms with Crippen LogP contribution in [0.25, 0.3) is 0 Å². The fourth-order valence-corrected chi connectivity index (χ4v) is 2.01. The molecule has 1 aliphatic rings. The number of nitrogens with one attached hydrogen (secondary N) is 2. The molecule has 0 saturated heterocycles. The monoisotopic (exact) mass is 318 g/mol. The zero-order valence-electron chi connectivity index (χ0n) is 13.6. The average molecular weight is 318 g/mol. The van der Waals surface area contributed by atoms with Crippen LogP contribution in [0.1, 0.15) is 20.3 Å². The lowest BCUT2D eigenvalue weighted by Crippen LogP contribution is -2.35. The Balaban J connectivity index is 2.54. The maximum atomic E-state index is 13.9. The van der Waals surface area contributed by atoms with Crippen molar-refractivity contribution in [2.75, 3.05) is 13.1 Å². The Morgan fingerprint density at radius 2 is 2.17 bits per heavy atom. The van der Waals surface area contributed by atoms with Crippen LogP contribution in [-0.2, 0) is 9.59 Å². The number of rotatable bonds is 7. The maximum Gasteiger partial charge on any atom is 0.239 e. The highest BCUT2D eigenvalue weighted by atomic mass is 19.1. The predicted octanol–water partition coefficient (Wildman–Crippen LogP) is 2.73.